The number of ketones is 1. The predicted octanol–water partition coefficient (Wildman–Crippen LogP) is 5.01. The summed E-state index contributed by atoms with van der Waals surface area (Å²) in [5, 5.41) is 0. The lowest BCUT2D eigenvalue weighted by atomic mass is 9.82. The maximum Gasteiger partial charge on any atom is 0.413 e. The number of rotatable bonds is 5. The Balaban J connectivity index is 1.89. The monoisotopic (exact) mass is 444 g/mol. The summed E-state index contributed by atoms with van der Waals surface area (Å²) in [7, 11) is 0. The summed E-state index contributed by atoms with van der Waals surface area (Å²) in [5.74, 6) is -0.0356. The molecule has 2 saturated heterocycles. The van der Waals surface area contributed by atoms with E-state index in [2.05, 4.69) is 17.0 Å². The van der Waals surface area contributed by atoms with Crippen molar-refractivity contribution in [1.29, 1.82) is 0 Å². The molecule has 0 aliphatic carbocycles. The Hall–Kier alpha value is -1.92. The molecule has 0 unspecified atom stereocenters. The third kappa shape index (κ3) is 5.34. The molecule has 1 aromatic rings. The van der Waals surface area contributed by atoms with Crippen molar-refractivity contribution in [3.8, 4) is 0 Å². The third-order valence-corrected chi connectivity index (χ3v) is 6.57. The van der Waals surface area contributed by atoms with E-state index in [0.717, 1.165) is 32.4 Å². The van der Waals surface area contributed by atoms with Crippen LogP contribution in [0.25, 0.3) is 0 Å². The summed E-state index contributed by atoms with van der Waals surface area (Å²) in [4.78, 5) is 31.0. The zero-order valence-electron chi connectivity index (χ0n) is 20.8. The molecule has 1 aromatic carbocycles. The molecule has 2 aliphatic rings. The Labute approximate surface area is 193 Å². The Bertz CT molecular complexity index is 797. The Morgan fingerprint density at radius 2 is 1.78 bits per heavy atom. The topological polar surface area (TPSA) is 59.1 Å². The van der Waals surface area contributed by atoms with E-state index in [1.807, 2.05) is 66.7 Å². The minimum absolute atomic E-state index is 0.0356. The SMILES string of the molecule is CC(C)(C)C(=O)[C@H](OC(=O)N1C(C)(C)COC1(C)C)[C@@H]1CCCCN1Cc1ccccc1. The van der Waals surface area contributed by atoms with E-state index in [9.17, 15) is 9.59 Å². The second-order valence-electron chi connectivity index (χ2n) is 11.3. The van der Waals surface area contributed by atoms with Crippen molar-refractivity contribution in [2.24, 2.45) is 5.41 Å². The standard InChI is InChI=1S/C26H40N2O4/c1-24(2,3)22(29)21(32-23(30)28-25(4,5)18-31-26(28,6)7)20-15-11-12-16-27(20)17-19-13-9-8-10-14-19/h8-10,13-14,20-21H,11-12,15-18H2,1-7H3/t20-,21+/m0/s1. The molecule has 6 nitrogen and oxygen atoms in total. The molecule has 6 heteroatoms. The van der Waals surface area contributed by atoms with Crippen LogP contribution in [0.1, 0.15) is 73.3 Å². The van der Waals surface area contributed by atoms with Crippen LogP contribution in [0.4, 0.5) is 4.79 Å². The number of carbonyl (C=O) groups is 2. The summed E-state index contributed by atoms with van der Waals surface area (Å²) in [6.07, 6.45) is 1.62. The van der Waals surface area contributed by atoms with Crippen molar-refractivity contribution in [2.45, 2.75) is 97.7 Å². The van der Waals surface area contributed by atoms with Crippen LogP contribution in [-0.2, 0) is 20.8 Å². The van der Waals surface area contributed by atoms with Gasteiger partial charge in [0.25, 0.3) is 0 Å². The first-order valence-corrected chi connectivity index (χ1v) is 11.8. The van der Waals surface area contributed by atoms with Gasteiger partial charge in [-0.15, -0.1) is 0 Å². The minimum Gasteiger partial charge on any atom is -0.436 e. The van der Waals surface area contributed by atoms with Crippen LogP contribution in [0.15, 0.2) is 30.3 Å². The second kappa shape index (κ2) is 9.14. The highest BCUT2D eigenvalue weighted by molar-refractivity contribution is 5.90. The van der Waals surface area contributed by atoms with Gasteiger partial charge in [-0.25, -0.2) is 4.79 Å². The molecule has 1 amide bonds. The number of benzene rings is 1. The number of hydrogen-bond acceptors (Lipinski definition) is 5. The fraction of sp³-hybridized carbons (Fsp3) is 0.692. The first-order chi connectivity index (χ1) is 14.8. The van der Waals surface area contributed by atoms with Crippen LogP contribution in [0.3, 0.4) is 0 Å². The van der Waals surface area contributed by atoms with Gasteiger partial charge in [0.2, 0.25) is 0 Å². The summed E-state index contributed by atoms with van der Waals surface area (Å²) >= 11 is 0. The van der Waals surface area contributed by atoms with Crippen LogP contribution in [-0.4, -0.2) is 58.2 Å². The van der Waals surface area contributed by atoms with Crippen molar-refractivity contribution in [3.05, 3.63) is 35.9 Å². The lowest BCUT2D eigenvalue weighted by Crippen LogP contribution is -2.58. The molecule has 0 radical (unpaired) electrons. The summed E-state index contributed by atoms with van der Waals surface area (Å²) < 4.78 is 12.0. The molecule has 0 N–H and O–H groups in total. The van der Waals surface area contributed by atoms with E-state index >= 15 is 0 Å². The van der Waals surface area contributed by atoms with E-state index in [1.165, 1.54) is 5.56 Å². The highest BCUT2D eigenvalue weighted by Crippen LogP contribution is 2.36. The normalized spacial score (nSPS) is 24.2. The lowest BCUT2D eigenvalue weighted by Gasteiger charge is -2.43. The molecule has 0 bridgehead atoms. The van der Waals surface area contributed by atoms with Crippen LogP contribution in [0, 0.1) is 5.41 Å². The second-order valence-corrected chi connectivity index (χ2v) is 11.3. The van der Waals surface area contributed by atoms with Gasteiger partial charge in [-0.3, -0.25) is 14.6 Å². The molecule has 0 spiro atoms. The molecular weight excluding hydrogens is 404 g/mol. The maximum atomic E-state index is 13.6. The van der Waals surface area contributed by atoms with E-state index < -0.39 is 28.9 Å². The zero-order chi connectivity index (χ0) is 23.7. The average molecular weight is 445 g/mol. The molecule has 2 heterocycles. The van der Waals surface area contributed by atoms with Gasteiger partial charge in [-0.1, -0.05) is 57.5 Å². The molecule has 0 saturated carbocycles. The third-order valence-electron chi connectivity index (χ3n) is 6.57. The summed E-state index contributed by atoms with van der Waals surface area (Å²) in [5.41, 5.74) is -0.714. The highest BCUT2D eigenvalue weighted by atomic mass is 16.6. The van der Waals surface area contributed by atoms with Gasteiger partial charge >= 0.3 is 6.09 Å². The first kappa shape index (κ1) is 24.7. The van der Waals surface area contributed by atoms with Crippen molar-refractivity contribution in [2.75, 3.05) is 13.2 Å². The van der Waals surface area contributed by atoms with Crippen molar-refractivity contribution in [1.82, 2.24) is 9.80 Å². The fourth-order valence-corrected chi connectivity index (χ4v) is 4.95. The number of carbonyl (C=O) groups excluding carboxylic acids is 2. The van der Waals surface area contributed by atoms with Gasteiger partial charge in [0.05, 0.1) is 18.2 Å². The summed E-state index contributed by atoms with van der Waals surface area (Å²) in [6.45, 7) is 15.4. The van der Waals surface area contributed by atoms with Crippen molar-refractivity contribution in [3.63, 3.8) is 0 Å². The molecular formula is C26H40N2O4. The van der Waals surface area contributed by atoms with Gasteiger partial charge in [-0.2, -0.15) is 0 Å². The number of amides is 1. The van der Waals surface area contributed by atoms with E-state index in [-0.39, 0.29) is 11.8 Å². The Kier molecular flexibility index (Phi) is 7.06. The maximum absolute atomic E-state index is 13.6. The first-order valence-electron chi connectivity index (χ1n) is 11.8. The number of hydrogen-bond donors (Lipinski definition) is 0. The molecule has 2 fully saturated rings. The van der Waals surface area contributed by atoms with E-state index in [0.29, 0.717) is 6.61 Å². The predicted molar refractivity (Wildman–Crippen MR) is 125 cm³/mol. The Morgan fingerprint density at radius 3 is 2.34 bits per heavy atom. The van der Waals surface area contributed by atoms with E-state index in [1.54, 1.807) is 4.90 Å². The highest BCUT2D eigenvalue weighted by Gasteiger charge is 2.51. The minimum atomic E-state index is -0.821. The van der Waals surface area contributed by atoms with Gasteiger partial charge in [-0.05, 0) is 52.6 Å². The largest absolute Gasteiger partial charge is 0.436 e. The molecule has 2 aliphatic heterocycles. The average Bonchev–Trinajstić information content (AvgIpc) is 2.93. The van der Waals surface area contributed by atoms with Crippen LogP contribution in [0.5, 0.6) is 0 Å². The van der Waals surface area contributed by atoms with Gasteiger partial charge in [0.15, 0.2) is 11.9 Å². The van der Waals surface area contributed by atoms with Gasteiger partial charge in [0, 0.05) is 12.0 Å². The Morgan fingerprint density at radius 1 is 1.12 bits per heavy atom. The van der Waals surface area contributed by atoms with Crippen molar-refractivity contribution >= 4 is 11.9 Å². The van der Waals surface area contributed by atoms with Crippen LogP contribution >= 0.6 is 0 Å². The fourth-order valence-electron chi connectivity index (χ4n) is 4.95. The smallest absolute Gasteiger partial charge is 0.413 e. The quantitative estimate of drug-likeness (QED) is 0.639. The van der Waals surface area contributed by atoms with Gasteiger partial charge in [0.1, 0.15) is 5.72 Å². The zero-order valence-corrected chi connectivity index (χ0v) is 20.8. The van der Waals surface area contributed by atoms with E-state index in [4.69, 9.17) is 9.47 Å². The number of Topliss-reactive ketones (excluding diaryl/α,β-unsaturated/α-hetero) is 1. The number of piperidine rings is 1. The van der Waals surface area contributed by atoms with Crippen LogP contribution in [0.2, 0.25) is 0 Å². The van der Waals surface area contributed by atoms with Crippen LogP contribution < -0.4 is 0 Å². The number of nitrogens with zero attached hydrogens (tertiary/aromatic N) is 2. The summed E-state index contributed by atoms with van der Waals surface area (Å²) in [6, 6.07) is 10.1. The molecule has 0 aromatic heterocycles. The number of ether oxygens (including phenoxy) is 2. The van der Waals surface area contributed by atoms with Crippen molar-refractivity contribution < 1.29 is 19.1 Å². The lowest BCUT2D eigenvalue weighted by molar-refractivity contribution is -0.143. The number of likely N-dealkylation sites (tertiary alicyclic amines) is 1. The molecule has 178 valence electrons. The molecule has 2 atom stereocenters. The molecule has 32 heavy (non-hydrogen) atoms. The van der Waals surface area contributed by atoms with Gasteiger partial charge < -0.3 is 9.47 Å². The molecule has 3 rings (SSSR count).